The Balaban J connectivity index is 1.68. The summed E-state index contributed by atoms with van der Waals surface area (Å²) in [6, 6.07) is 5.71. The molecule has 8 heteroatoms. The molecule has 0 amide bonds. The molecule has 174 valence electrons. The molecule has 0 radical (unpaired) electrons. The monoisotopic (exact) mass is 441 g/mol. The Kier molecular flexibility index (Phi) is 7.86. The van der Waals surface area contributed by atoms with E-state index in [-0.39, 0.29) is 5.41 Å². The molecular weight excluding hydrogens is 407 g/mol. The summed E-state index contributed by atoms with van der Waals surface area (Å²) in [5, 5.41) is 6.82. The molecule has 0 aromatic heterocycles. The summed E-state index contributed by atoms with van der Waals surface area (Å²) in [6.07, 6.45) is 1.56. The Morgan fingerprint density at radius 2 is 1.84 bits per heavy atom. The molecule has 2 aliphatic rings. The van der Waals surface area contributed by atoms with Crippen molar-refractivity contribution in [2.75, 3.05) is 47.1 Å². The van der Waals surface area contributed by atoms with Crippen LogP contribution >= 0.6 is 0 Å². The van der Waals surface area contributed by atoms with Gasteiger partial charge in [-0.05, 0) is 49.1 Å². The second-order valence-corrected chi connectivity index (χ2v) is 8.85. The summed E-state index contributed by atoms with van der Waals surface area (Å²) >= 11 is 0. The lowest BCUT2D eigenvalue weighted by molar-refractivity contribution is -0.137. The average Bonchev–Trinajstić information content (AvgIpc) is 2.75. The van der Waals surface area contributed by atoms with Gasteiger partial charge in [0.1, 0.15) is 0 Å². The normalized spacial score (nSPS) is 20.7. The van der Waals surface area contributed by atoms with Crippen molar-refractivity contribution in [2.45, 2.75) is 50.1 Å². The molecule has 0 bridgehead atoms. The van der Waals surface area contributed by atoms with E-state index in [2.05, 4.69) is 15.6 Å². The number of benzene rings is 1. The molecule has 1 aromatic rings. The highest BCUT2D eigenvalue weighted by Crippen LogP contribution is 2.43. The molecule has 0 unspecified atom stereocenters. The molecule has 1 aromatic carbocycles. The van der Waals surface area contributed by atoms with Gasteiger partial charge in [0, 0.05) is 52.5 Å². The van der Waals surface area contributed by atoms with Crippen molar-refractivity contribution < 1.29 is 22.6 Å². The molecule has 0 atom stereocenters. The van der Waals surface area contributed by atoms with E-state index in [1.165, 1.54) is 31.4 Å². The number of methoxy groups -OCH3 is 1. The summed E-state index contributed by atoms with van der Waals surface area (Å²) in [5.41, 5.74) is -0.0978. The van der Waals surface area contributed by atoms with Gasteiger partial charge in [0.15, 0.2) is 5.96 Å². The fourth-order valence-electron chi connectivity index (χ4n) is 4.61. The van der Waals surface area contributed by atoms with Crippen LogP contribution in [-0.2, 0) is 21.1 Å². The van der Waals surface area contributed by atoms with Crippen LogP contribution in [0.2, 0.25) is 0 Å². The highest BCUT2D eigenvalue weighted by atomic mass is 19.4. The molecule has 2 fully saturated rings. The topological polar surface area (TPSA) is 54.9 Å². The number of halogens is 3. The largest absolute Gasteiger partial charge is 0.416 e. The summed E-state index contributed by atoms with van der Waals surface area (Å²) in [6.45, 7) is 3.12. The zero-order valence-corrected chi connectivity index (χ0v) is 18.5. The van der Waals surface area contributed by atoms with Crippen LogP contribution < -0.4 is 10.6 Å². The summed E-state index contributed by atoms with van der Waals surface area (Å²) < 4.78 is 50.7. The first-order valence-electron chi connectivity index (χ1n) is 11.0. The van der Waals surface area contributed by atoms with E-state index in [1.807, 2.05) is 0 Å². The van der Waals surface area contributed by atoms with Gasteiger partial charge in [-0.1, -0.05) is 24.6 Å². The van der Waals surface area contributed by atoms with Gasteiger partial charge in [-0.3, -0.25) is 4.99 Å². The third kappa shape index (κ3) is 5.92. The Morgan fingerprint density at radius 3 is 2.42 bits per heavy atom. The molecule has 31 heavy (non-hydrogen) atoms. The van der Waals surface area contributed by atoms with Crippen molar-refractivity contribution in [3.8, 4) is 0 Å². The molecular formula is C23H34F3N3O2. The molecule has 1 aliphatic carbocycles. The summed E-state index contributed by atoms with van der Waals surface area (Å²) in [4.78, 5) is 4.35. The van der Waals surface area contributed by atoms with E-state index in [0.717, 1.165) is 25.6 Å². The first-order chi connectivity index (χ1) is 14.8. The Morgan fingerprint density at radius 1 is 1.13 bits per heavy atom. The van der Waals surface area contributed by atoms with E-state index in [4.69, 9.17) is 9.47 Å². The minimum Gasteiger partial charge on any atom is -0.385 e. The second kappa shape index (κ2) is 10.2. The first-order valence-corrected chi connectivity index (χ1v) is 11.0. The van der Waals surface area contributed by atoms with Gasteiger partial charge in [-0.25, -0.2) is 0 Å². The number of guanidine groups is 1. The van der Waals surface area contributed by atoms with Gasteiger partial charge < -0.3 is 20.1 Å². The van der Waals surface area contributed by atoms with E-state index in [9.17, 15) is 13.2 Å². The van der Waals surface area contributed by atoms with Crippen LogP contribution in [0.25, 0.3) is 0 Å². The lowest BCUT2D eigenvalue weighted by Crippen LogP contribution is -2.51. The van der Waals surface area contributed by atoms with Gasteiger partial charge in [0.05, 0.1) is 5.56 Å². The third-order valence-electron chi connectivity index (χ3n) is 6.95. The van der Waals surface area contributed by atoms with Crippen molar-refractivity contribution in [1.29, 1.82) is 0 Å². The molecule has 1 heterocycles. The SMILES string of the molecule is CN=C(NCC1(CCOC)CCC1)NCC1(c2cccc(C(F)(F)F)c2)CCOCC1. The van der Waals surface area contributed by atoms with Gasteiger partial charge in [-0.2, -0.15) is 13.2 Å². The van der Waals surface area contributed by atoms with Crippen LogP contribution in [0.5, 0.6) is 0 Å². The van der Waals surface area contributed by atoms with Gasteiger partial charge in [0.25, 0.3) is 0 Å². The van der Waals surface area contributed by atoms with E-state index in [1.54, 1.807) is 20.2 Å². The molecule has 3 rings (SSSR count). The Bertz CT molecular complexity index is 742. The number of rotatable bonds is 8. The van der Waals surface area contributed by atoms with Crippen molar-refractivity contribution in [1.82, 2.24) is 10.6 Å². The number of ether oxygens (including phenoxy) is 2. The summed E-state index contributed by atoms with van der Waals surface area (Å²) in [5.74, 6) is 0.682. The van der Waals surface area contributed by atoms with Crippen molar-refractivity contribution in [3.63, 3.8) is 0 Å². The summed E-state index contributed by atoms with van der Waals surface area (Å²) in [7, 11) is 3.44. The smallest absolute Gasteiger partial charge is 0.385 e. The van der Waals surface area contributed by atoms with E-state index >= 15 is 0 Å². The maximum Gasteiger partial charge on any atom is 0.416 e. The van der Waals surface area contributed by atoms with Crippen LogP contribution in [0.3, 0.4) is 0 Å². The number of alkyl halides is 3. The first kappa shape index (κ1) is 23.9. The zero-order valence-electron chi connectivity index (χ0n) is 18.5. The van der Waals surface area contributed by atoms with E-state index < -0.39 is 17.2 Å². The number of hydrogen-bond acceptors (Lipinski definition) is 3. The molecule has 1 saturated carbocycles. The van der Waals surface area contributed by atoms with Crippen LogP contribution in [0.1, 0.15) is 49.7 Å². The zero-order chi connectivity index (χ0) is 22.4. The lowest BCUT2D eigenvalue weighted by atomic mass is 9.67. The van der Waals surface area contributed by atoms with Crippen LogP contribution in [-0.4, -0.2) is 53.0 Å². The molecule has 1 aliphatic heterocycles. The highest BCUT2D eigenvalue weighted by molar-refractivity contribution is 5.79. The van der Waals surface area contributed by atoms with Crippen molar-refractivity contribution >= 4 is 5.96 Å². The molecule has 5 nitrogen and oxygen atoms in total. The second-order valence-electron chi connectivity index (χ2n) is 8.85. The standard InChI is InChI=1S/C23H34F3N3O2/c1-27-20(28-16-21(7-4-8-21)9-12-30-2)29-17-22(10-13-31-14-11-22)18-5-3-6-19(15-18)23(24,25)26/h3,5-6,15H,4,7-14,16-17H2,1-2H3,(H2,27,28,29). The average molecular weight is 442 g/mol. The molecule has 2 N–H and O–H groups in total. The predicted molar refractivity (Wildman–Crippen MR) is 115 cm³/mol. The van der Waals surface area contributed by atoms with E-state index in [0.29, 0.717) is 44.1 Å². The number of nitrogens with one attached hydrogen (secondary N) is 2. The van der Waals surface area contributed by atoms with Crippen LogP contribution in [0.4, 0.5) is 13.2 Å². The Hall–Kier alpha value is -1.80. The molecule has 1 saturated heterocycles. The minimum atomic E-state index is -4.35. The van der Waals surface area contributed by atoms with Gasteiger partial charge >= 0.3 is 6.18 Å². The Labute approximate surface area is 182 Å². The van der Waals surface area contributed by atoms with Crippen LogP contribution in [0.15, 0.2) is 29.3 Å². The van der Waals surface area contributed by atoms with Crippen LogP contribution in [0, 0.1) is 5.41 Å². The minimum absolute atomic E-state index is 0.241. The fraction of sp³-hybridized carbons (Fsp3) is 0.696. The van der Waals surface area contributed by atoms with Gasteiger partial charge in [-0.15, -0.1) is 0 Å². The number of aliphatic imine (C=N–C) groups is 1. The third-order valence-corrected chi connectivity index (χ3v) is 6.95. The predicted octanol–water partition coefficient (Wildman–Crippen LogP) is 4.13. The quantitative estimate of drug-likeness (QED) is 0.471. The number of nitrogens with zero attached hydrogens (tertiary/aromatic N) is 1. The van der Waals surface area contributed by atoms with Crippen molar-refractivity contribution in [2.24, 2.45) is 10.4 Å². The highest BCUT2D eigenvalue weighted by Gasteiger charge is 2.39. The van der Waals surface area contributed by atoms with Gasteiger partial charge in [0.2, 0.25) is 0 Å². The maximum absolute atomic E-state index is 13.3. The number of hydrogen-bond donors (Lipinski definition) is 2. The lowest BCUT2D eigenvalue weighted by Gasteiger charge is -2.43. The molecule has 0 spiro atoms. The fourth-order valence-corrected chi connectivity index (χ4v) is 4.61. The maximum atomic E-state index is 13.3. The van der Waals surface area contributed by atoms with Crippen molar-refractivity contribution in [3.05, 3.63) is 35.4 Å².